The zero-order valence-electron chi connectivity index (χ0n) is 12.4. The van der Waals surface area contributed by atoms with E-state index >= 15 is 0 Å². The first-order chi connectivity index (χ1) is 11.1. The van der Waals surface area contributed by atoms with Crippen LogP contribution in [0.25, 0.3) is 11.4 Å². The molecule has 3 rings (SSSR count). The van der Waals surface area contributed by atoms with Gasteiger partial charge in [-0.05, 0) is 26.0 Å². The van der Waals surface area contributed by atoms with Crippen molar-refractivity contribution < 1.29 is 18.6 Å². The van der Waals surface area contributed by atoms with Crippen LogP contribution in [-0.2, 0) is 11.3 Å². The normalized spacial score (nSPS) is 10.7. The van der Waals surface area contributed by atoms with Crippen molar-refractivity contribution in [3.63, 3.8) is 0 Å². The van der Waals surface area contributed by atoms with Crippen molar-refractivity contribution in [2.45, 2.75) is 20.5 Å². The van der Waals surface area contributed by atoms with Crippen LogP contribution < -0.4 is 0 Å². The maximum absolute atomic E-state index is 12.0. The third-order valence-electron chi connectivity index (χ3n) is 3.15. The summed E-state index contributed by atoms with van der Waals surface area (Å²) in [5.41, 5.74) is 1.41. The molecule has 0 aliphatic rings. The zero-order chi connectivity index (χ0) is 16.4. The topological polar surface area (TPSA) is 91.2 Å². The highest BCUT2D eigenvalue weighted by Crippen LogP contribution is 2.25. The molecule has 2 aromatic heterocycles. The van der Waals surface area contributed by atoms with E-state index in [-0.39, 0.29) is 12.5 Å². The van der Waals surface area contributed by atoms with Crippen molar-refractivity contribution >= 4 is 17.6 Å². The van der Waals surface area contributed by atoms with Crippen LogP contribution >= 0.6 is 11.6 Å². The van der Waals surface area contributed by atoms with E-state index in [1.165, 1.54) is 0 Å². The number of ether oxygens (including phenoxy) is 1. The van der Waals surface area contributed by atoms with Crippen LogP contribution in [0.4, 0.5) is 0 Å². The smallest absolute Gasteiger partial charge is 0.344 e. The summed E-state index contributed by atoms with van der Waals surface area (Å²) >= 11 is 6.07. The van der Waals surface area contributed by atoms with Gasteiger partial charge in [-0.15, -0.1) is 0 Å². The quantitative estimate of drug-likeness (QED) is 0.676. The number of aryl methyl sites for hydroxylation is 2. The lowest BCUT2D eigenvalue weighted by molar-refractivity contribution is 0.0427. The first kappa shape index (κ1) is 15.2. The molecule has 23 heavy (non-hydrogen) atoms. The minimum atomic E-state index is -0.557. The van der Waals surface area contributed by atoms with Gasteiger partial charge in [0.1, 0.15) is 11.3 Å². The number of hydrogen-bond acceptors (Lipinski definition) is 7. The van der Waals surface area contributed by atoms with Gasteiger partial charge in [0.15, 0.2) is 6.61 Å². The van der Waals surface area contributed by atoms with E-state index in [4.69, 9.17) is 25.4 Å². The predicted molar refractivity (Wildman–Crippen MR) is 79.8 cm³/mol. The van der Waals surface area contributed by atoms with Crippen molar-refractivity contribution in [1.82, 2.24) is 15.3 Å². The molecule has 0 fully saturated rings. The molecule has 1 aromatic carbocycles. The molecular formula is C15H12ClN3O4. The molecule has 0 unspecified atom stereocenters. The second kappa shape index (κ2) is 6.21. The minimum absolute atomic E-state index is 0.152. The molecule has 0 amide bonds. The highest BCUT2D eigenvalue weighted by atomic mass is 35.5. The third-order valence-corrected chi connectivity index (χ3v) is 3.48. The van der Waals surface area contributed by atoms with E-state index < -0.39 is 5.97 Å². The average molecular weight is 334 g/mol. The molecule has 0 bridgehead atoms. The Balaban J connectivity index is 1.71. The van der Waals surface area contributed by atoms with Crippen LogP contribution in [0.15, 0.2) is 33.3 Å². The first-order valence-corrected chi connectivity index (χ1v) is 7.11. The molecule has 8 heteroatoms. The highest BCUT2D eigenvalue weighted by Gasteiger charge is 2.20. The Hall–Kier alpha value is -2.67. The lowest BCUT2D eigenvalue weighted by Crippen LogP contribution is -2.07. The van der Waals surface area contributed by atoms with Crippen molar-refractivity contribution in [1.29, 1.82) is 0 Å². The van der Waals surface area contributed by atoms with E-state index in [1.807, 2.05) is 6.07 Å². The van der Waals surface area contributed by atoms with Crippen molar-refractivity contribution in [2.75, 3.05) is 0 Å². The number of nitrogens with zero attached hydrogens (tertiary/aromatic N) is 3. The SMILES string of the molecule is Cc1noc(C)c1C(=O)OCc1nc(-c2ccccc2Cl)no1. The lowest BCUT2D eigenvalue weighted by atomic mass is 10.2. The monoisotopic (exact) mass is 333 g/mol. The van der Waals surface area contributed by atoms with E-state index in [1.54, 1.807) is 32.0 Å². The number of rotatable bonds is 4. The maximum atomic E-state index is 12.0. The van der Waals surface area contributed by atoms with Gasteiger partial charge in [-0.1, -0.05) is 34.0 Å². The molecular weight excluding hydrogens is 322 g/mol. The van der Waals surface area contributed by atoms with Gasteiger partial charge in [-0.2, -0.15) is 4.98 Å². The number of hydrogen-bond donors (Lipinski definition) is 0. The van der Waals surface area contributed by atoms with E-state index in [0.717, 1.165) is 0 Å². The van der Waals surface area contributed by atoms with Crippen LogP contribution in [0.2, 0.25) is 5.02 Å². The number of esters is 1. The summed E-state index contributed by atoms with van der Waals surface area (Å²) in [5.74, 6) is 0.340. The van der Waals surface area contributed by atoms with E-state index in [0.29, 0.717) is 33.4 Å². The minimum Gasteiger partial charge on any atom is -0.452 e. The van der Waals surface area contributed by atoms with Crippen LogP contribution in [0.3, 0.4) is 0 Å². The Kier molecular flexibility index (Phi) is 4.12. The standard InChI is InChI=1S/C15H12ClN3O4/c1-8-13(9(2)22-18-8)15(20)21-7-12-17-14(19-23-12)10-5-3-4-6-11(10)16/h3-6H,7H2,1-2H3. The van der Waals surface area contributed by atoms with Gasteiger partial charge in [0, 0.05) is 5.56 Å². The van der Waals surface area contributed by atoms with E-state index in [2.05, 4.69) is 15.3 Å². The van der Waals surface area contributed by atoms with Gasteiger partial charge in [0.05, 0.1) is 10.7 Å². The first-order valence-electron chi connectivity index (χ1n) is 6.73. The number of halogens is 1. The summed E-state index contributed by atoms with van der Waals surface area (Å²) in [7, 11) is 0. The molecule has 0 N–H and O–H groups in total. The predicted octanol–water partition coefficient (Wildman–Crippen LogP) is 3.35. The average Bonchev–Trinajstić information content (AvgIpc) is 3.12. The Bertz CT molecular complexity index is 837. The summed E-state index contributed by atoms with van der Waals surface area (Å²) in [5, 5.41) is 8.04. The summed E-state index contributed by atoms with van der Waals surface area (Å²) in [4.78, 5) is 16.2. The van der Waals surface area contributed by atoms with Crippen LogP contribution in [0.1, 0.15) is 27.7 Å². The van der Waals surface area contributed by atoms with Gasteiger partial charge in [0.25, 0.3) is 5.89 Å². The highest BCUT2D eigenvalue weighted by molar-refractivity contribution is 6.33. The van der Waals surface area contributed by atoms with Crippen molar-refractivity contribution in [2.24, 2.45) is 0 Å². The summed E-state index contributed by atoms with van der Waals surface area (Å²) in [6.45, 7) is 3.15. The molecule has 0 aliphatic carbocycles. The Morgan fingerprint density at radius 2 is 2.00 bits per heavy atom. The zero-order valence-corrected chi connectivity index (χ0v) is 13.1. The molecule has 0 aliphatic heterocycles. The van der Waals surface area contributed by atoms with Gasteiger partial charge in [-0.3, -0.25) is 0 Å². The lowest BCUT2D eigenvalue weighted by Gasteiger charge is -2.00. The number of carbonyl (C=O) groups is 1. The summed E-state index contributed by atoms with van der Waals surface area (Å²) < 4.78 is 15.1. The summed E-state index contributed by atoms with van der Waals surface area (Å²) in [6, 6.07) is 7.12. The van der Waals surface area contributed by atoms with Crippen molar-refractivity contribution in [3.8, 4) is 11.4 Å². The third kappa shape index (κ3) is 3.09. The van der Waals surface area contributed by atoms with Crippen LogP contribution in [-0.4, -0.2) is 21.3 Å². The molecule has 3 aromatic rings. The number of benzene rings is 1. The largest absolute Gasteiger partial charge is 0.452 e. The fraction of sp³-hybridized carbons (Fsp3) is 0.200. The van der Waals surface area contributed by atoms with Gasteiger partial charge >= 0.3 is 5.97 Å². The number of aromatic nitrogens is 3. The molecule has 0 spiro atoms. The van der Waals surface area contributed by atoms with E-state index in [9.17, 15) is 4.79 Å². The Morgan fingerprint density at radius 3 is 2.70 bits per heavy atom. The molecule has 0 atom stereocenters. The molecule has 118 valence electrons. The molecule has 0 saturated carbocycles. The number of carbonyl (C=O) groups excluding carboxylic acids is 1. The second-order valence-corrected chi connectivity index (χ2v) is 5.17. The fourth-order valence-corrected chi connectivity index (χ4v) is 2.26. The van der Waals surface area contributed by atoms with Gasteiger partial charge < -0.3 is 13.8 Å². The summed E-state index contributed by atoms with van der Waals surface area (Å²) in [6.07, 6.45) is 0. The molecule has 2 heterocycles. The van der Waals surface area contributed by atoms with Crippen molar-refractivity contribution in [3.05, 3.63) is 52.2 Å². The maximum Gasteiger partial charge on any atom is 0.344 e. The molecule has 0 radical (unpaired) electrons. The second-order valence-electron chi connectivity index (χ2n) is 4.77. The van der Waals surface area contributed by atoms with Crippen LogP contribution in [0.5, 0.6) is 0 Å². The Labute approximate surface area is 136 Å². The fourth-order valence-electron chi connectivity index (χ4n) is 2.04. The molecule has 7 nitrogen and oxygen atoms in total. The van der Waals surface area contributed by atoms with Crippen LogP contribution in [0, 0.1) is 13.8 Å². The molecule has 0 saturated heterocycles. The van der Waals surface area contributed by atoms with Gasteiger partial charge in [0.2, 0.25) is 5.82 Å². The Morgan fingerprint density at radius 1 is 1.22 bits per heavy atom. The van der Waals surface area contributed by atoms with Gasteiger partial charge in [-0.25, -0.2) is 4.79 Å².